The normalized spacial score (nSPS) is 21.1. The number of aliphatic hydroxyl groups excluding tert-OH is 1. The third-order valence-corrected chi connectivity index (χ3v) is 5.67. The van der Waals surface area contributed by atoms with Crippen molar-refractivity contribution < 1.29 is 19.4 Å². The average molecular weight is 379 g/mol. The van der Waals surface area contributed by atoms with Crippen LogP contribution in [0, 0.1) is 5.92 Å². The van der Waals surface area contributed by atoms with Crippen LogP contribution in [0.25, 0.3) is 11.1 Å². The van der Waals surface area contributed by atoms with Crippen molar-refractivity contribution in [3.05, 3.63) is 59.7 Å². The van der Waals surface area contributed by atoms with Gasteiger partial charge in [-0.25, -0.2) is 9.69 Å². The molecule has 1 aliphatic heterocycles. The molecule has 4 rings (SSSR count). The molecule has 0 bridgehead atoms. The van der Waals surface area contributed by atoms with Crippen LogP contribution in [-0.4, -0.2) is 40.8 Å². The Hall–Kier alpha value is -2.66. The second-order valence-corrected chi connectivity index (χ2v) is 8.04. The van der Waals surface area contributed by atoms with Crippen molar-refractivity contribution in [2.24, 2.45) is 5.92 Å². The SMILES string of the molecule is CC(C)CC1C(O)CC(=O)N1C(=O)OCC1c2ccccc2-c2ccccc21. The number of hydrogen-bond donors (Lipinski definition) is 1. The third-order valence-electron chi connectivity index (χ3n) is 5.67. The number of rotatable bonds is 4. The summed E-state index contributed by atoms with van der Waals surface area (Å²) in [6, 6.07) is 15.7. The largest absolute Gasteiger partial charge is 0.448 e. The minimum absolute atomic E-state index is 0.0262. The third kappa shape index (κ3) is 3.20. The Balaban J connectivity index is 1.53. The van der Waals surface area contributed by atoms with Gasteiger partial charge < -0.3 is 9.84 Å². The molecule has 2 aliphatic rings. The van der Waals surface area contributed by atoms with Gasteiger partial charge in [-0.2, -0.15) is 0 Å². The zero-order chi connectivity index (χ0) is 19.8. The first-order valence-electron chi connectivity index (χ1n) is 9.82. The van der Waals surface area contributed by atoms with Gasteiger partial charge in [0, 0.05) is 5.92 Å². The number of amides is 2. The van der Waals surface area contributed by atoms with Gasteiger partial charge in [0.2, 0.25) is 5.91 Å². The van der Waals surface area contributed by atoms with Crippen molar-refractivity contribution in [3.8, 4) is 11.1 Å². The van der Waals surface area contributed by atoms with Crippen molar-refractivity contribution in [3.63, 3.8) is 0 Å². The first kappa shape index (κ1) is 18.7. The lowest BCUT2D eigenvalue weighted by molar-refractivity contribution is -0.127. The molecule has 1 N–H and O–H groups in total. The highest BCUT2D eigenvalue weighted by Crippen LogP contribution is 2.44. The Bertz CT molecular complexity index is 861. The predicted octanol–water partition coefficient (Wildman–Crippen LogP) is 3.94. The molecule has 2 aromatic rings. The van der Waals surface area contributed by atoms with Gasteiger partial charge in [0.15, 0.2) is 0 Å². The van der Waals surface area contributed by atoms with Crippen LogP contribution in [0.15, 0.2) is 48.5 Å². The van der Waals surface area contributed by atoms with E-state index in [0.717, 1.165) is 27.2 Å². The molecule has 1 saturated heterocycles. The number of carbonyl (C=O) groups is 2. The molecular formula is C23H25NO4. The van der Waals surface area contributed by atoms with Gasteiger partial charge in [-0.1, -0.05) is 62.4 Å². The quantitative estimate of drug-likeness (QED) is 0.874. The van der Waals surface area contributed by atoms with E-state index in [9.17, 15) is 14.7 Å². The zero-order valence-electron chi connectivity index (χ0n) is 16.2. The van der Waals surface area contributed by atoms with E-state index in [4.69, 9.17) is 4.74 Å². The lowest BCUT2D eigenvalue weighted by Gasteiger charge is -2.26. The Kier molecular flexibility index (Phi) is 4.94. The smallest absolute Gasteiger partial charge is 0.416 e. The number of aliphatic hydroxyl groups is 1. The number of carbonyl (C=O) groups excluding carboxylic acids is 2. The van der Waals surface area contributed by atoms with Gasteiger partial charge >= 0.3 is 6.09 Å². The van der Waals surface area contributed by atoms with Crippen molar-refractivity contribution in [1.82, 2.24) is 4.90 Å². The van der Waals surface area contributed by atoms with E-state index in [0.29, 0.717) is 6.42 Å². The number of benzene rings is 2. The zero-order valence-corrected chi connectivity index (χ0v) is 16.2. The molecule has 2 unspecified atom stereocenters. The fraction of sp³-hybridized carbons (Fsp3) is 0.391. The van der Waals surface area contributed by atoms with Crippen molar-refractivity contribution >= 4 is 12.0 Å². The van der Waals surface area contributed by atoms with Crippen LogP contribution >= 0.6 is 0 Å². The first-order chi connectivity index (χ1) is 13.5. The molecule has 2 aromatic carbocycles. The molecular weight excluding hydrogens is 354 g/mol. The highest BCUT2D eigenvalue weighted by Gasteiger charge is 2.44. The molecule has 2 amide bonds. The van der Waals surface area contributed by atoms with E-state index in [-0.39, 0.29) is 30.8 Å². The van der Waals surface area contributed by atoms with Crippen molar-refractivity contribution in [1.29, 1.82) is 0 Å². The van der Waals surface area contributed by atoms with Gasteiger partial charge in [-0.05, 0) is 34.6 Å². The molecule has 2 atom stereocenters. The van der Waals surface area contributed by atoms with Gasteiger partial charge in [0.1, 0.15) is 6.61 Å². The van der Waals surface area contributed by atoms with Crippen LogP contribution in [0.5, 0.6) is 0 Å². The van der Waals surface area contributed by atoms with Gasteiger partial charge in [-0.15, -0.1) is 0 Å². The van der Waals surface area contributed by atoms with Crippen LogP contribution in [0.2, 0.25) is 0 Å². The number of ether oxygens (including phenoxy) is 1. The number of fused-ring (bicyclic) bond motifs is 3. The summed E-state index contributed by atoms with van der Waals surface area (Å²) in [4.78, 5) is 26.1. The Morgan fingerprint density at radius 3 is 2.25 bits per heavy atom. The summed E-state index contributed by atoms with van der Waals surface area (Å²) in [6.07, 6.45) is -0.942. The minimum atomic E-state index is -0.824. The lowest BCUT2D eigenvalue weighted by atomic mass is 9.98. The van der Waals surface area contributed by atoms with Crippen LogP contribution in [0.4, 0.5) is 4.79 Å². The van der Waals surface area contributed by atoms with Gasteiger partial charge in [-0.3, -0.25) is 4.79 Å². The number of imide groups is 1. The Morgan fingerprint density at radius 1 is 1.11 bits per heavy atom. The fourth-order valence-corrected chi connectivity index (χ4v) is 4.42. The monoisotopic (exact) mass is 379 g/mol. The minimum Gasteiger partial charge on any atom is -0.448 e. The Morgan fingerprint density at radius 2 is 1.68 bits per heavy atom. The summed E-state index contributed by atoms with van der Waals surface area (Å²) in [5.74, 6) is -0.160. The molecule has 1 fully saturated rings. The molecule has 1 heterocycles. The summed E-state index contributed by atoms with van der Waals surface area (Å²) in [6.45, 7) is 4.18. The topological polar surface area (TPSA) is 66.8 Å². The first-order valence-corrected chi connectivity index (χ1v) is 9.82. The number of hydrogen-bond acceptors (Lipinski definition) is 4. The maximum absolute atomic E-state index is 12.7. The second kappa shape index (κ2) is 7.40. The maximum Gasteiger partial charge on any atom is 0.416 e. The average Bonchev–Trinajstić information content (AvgIpc) is 3.13. The van der Waals surface area contributed by atoms with Crippen molar-refractivity contribution in [2.45, 2.75) is 44.8 Å². The summed E-state index contributed by atoms with van der Waals surface area (Å²) >= 11 is 0. The Labute approximate surface area is 164 Å². The standard InChI is InChI=1S/C23H25NO4/c1-14(2)11-20-21(25)12-22(26)24(20)23(27)28-13-19-17-9-5-3-7-15(17)16-8-4-6-10-18(16)19/h3-10,14,19-21,25H,11-13H2,1-2H3. The summed E-state index contributed by atoms with van der Waals surface area (Å²) < 4.78 is 5.61. The molecule has 5 heteroatoms. The van der Waals surface area contributed by atoms with Gasteiger partial charge in [0.25, 0.3) is 0 Å². The predicted molar refractivity (Wildman–Crippen MR) is 106 cm³/mol. The molecule has 1 aliphatic carbocycles. The van der Waals surface area contributed by atoms with Crippen LogP contribution < -0.4 is 0 Å². The molecule has 28 heavy (non-hydrogen) atoms. The molecule has 0 radical (unpaired) electrons. The summed E-state index contributed by atoms with van der Waals surface area (Å²) in [7, 11) is 0. The van der Waals surface area contributed by atoms with E-state index in [1.54, 1.807) is 0 Å². The lowest BCUT2D eigenvalue weighted by Crippen LogP contribution is -2.43. The van der Waals surface area contributed by atoms with Crippen LogP contribution in [-0.2, 0) is 9.53 Å². The van der Waals surface area contributed by atoms with E-state index < -0.39 is 18.2 Å². The molecule has 0 aromatic heterocycles. The van der Waals surface area contributed by atoms with Gasteiger partial charge in [0.05, 0.1) is 18.6 Å². The van der Waals surface area contributed by atoms with E-state index >= 15 is 0 Å². The molecule has 0 saturated carbocycles. The molecule has 5 nitrogen and oxygen atoms in total. The fourth-order valence-electron chi connectivity index (χ4n) is 4.42. The number of nitrogens with zero attached hydrogens (tertiary/aromatic N) is 1. The highest BCUT2D eigenvalue weighted by atomic mass is 16.6. The van der Waals surface area contributed by atoms with E-state index in [1.165, 1.54) is 0 Å². The second-order valence-electron chi connectivity index (χ2n) is 8.04. The van der Waals surface area contributed by atoms with E-state index in [1.807, 2.05) is 38.1 Å². The summed E-state index contributed by atoms with van der Waals surface area (Å²) in [5, 5.41) is 10.2. The van der Waals surface area contributed by atoms with Crippen LogP contribution in [0.3, 0.4) is 0 Å². The van der Waals surface area contributed by atoms with Crippen molar-refractivity contribution in [2.75, 3.05) is 6.61 Å². The van der Waals surface area contributed by atoms with Crippen LogP contribution in [0.1, 0.15) is 43.7 Å². The maximum atomic E-state index is 12.7. The molecule has 146 valence electrons. The van der Waals surface area contributed by atoms with E-state index in [2.05, 4.69) is 24.3 Å². The number of likely N-dealkylation sites (tertiary alicyclic amines) is 1. The highest BCUT2D eigenvalue weighted by molar-refractivity contribution is 5.94. The summed E-state index contributed by atoms with van der Waals surface area (Å²) in [5.41, 5.74) is 4.57. The molecule has 0 spiro atoms.